The maximum absolute atomic E-state index is 6.30. The largest absolute Gasteiger partial charge is 0.493 e. The van der Waals surface area contributed by atoms with Gasteiger partial charge in [-0.15, -0.1) is 0 Å². The summed E-state index contributed by atoms with van der Waals surface area (Å²) in [6.45, 7) is 4.00. The third-order valence-corrected chi connectivity index (χ3v) is 3.63. The molecule has 0 bridgehead atoms. The van der Waals surface area contributed by atoms with Gasteiger partial charge in [-0.1, -0.05) is 25.1 Å². The van der Waals surface area contributed by atoms with Crippen LogP contribution in [0.1, 0.15) is 37.8 Å². The van der Waals surface area contributed by atoms with E-state index in [4.69, 9.17) is 10.5 Å². The van der Waals surface area contributed by atoms with Crippen molar-refractivity contribution in [3.05, 3.63) is 29.8 Å². The van der Waals surface area contributed by atoms with Crippen LogP contribution in [0.4, 0.5) is 0 Å². The van der Waals surface area contributed by atoms with Crippen molar-refractivity contribution < 1.29 is 4.74 Å². The number of rotatable bonds is 4. The summed E-state index contributed by atoms with van der Waals surface area (Å²) in [6, 6.07) is 8.80. The van der Waals surface area contributed by atoms with Gasteiger partial charge >= 0.3 is 0 Å². The molecule has 2 unspecified atom stereocenters. The summed E-state index contributed by atoms with van der Waals surface area (Å²) in [5.74, 6) is 0.994. The fourth-order valence-corrected chi connectivity index (χ4v) is 2.74. The van der Waals surface area contributed by atoms with E-state index in [0.29, 0.717) is 0 Å². The van der Waals surface area contributed by atoms with Crippen molar-refractivity contribution in [2.45, 2.75) is 38.3 Å². The normalized spacial score (nSPS) is 25.1. The zero-order chi connectivity index (χ0) is 13.0. The highest BCUT2D eigenvalue weighted by Gasteiger charge is 2.29. The Labute approximate surface area is 110 Å². The molecule has 1 fully saturated rings. The van der Waals surface area contributed by atoms with Crippen molar-refractivity contribution in [2.75, 3.05) is 20.2 Å². The average Bonchev–Trinajstić information content (AvgIpc) is 2.37. The number of ether oxygens (including phenoxy) is 1. The summed E-state index contributed by atoms with van der Waals surface area (Å²) in [7, 11) is 2.15. The number of likely N-dealkylation sites (tertiary alicyclic amines) is 1. The molecule has 0 aromatic heterocycles. The standard InChI is InChI=1S/C15H24N2O/c1-3-11-18-14-9-5-4-7-12(14)15-13(16)8-6-10-17(15)2/h4-5,7,9,13,15H,3,6,8,10-11,16H2,1-2H3. The van der Waals surface area contributed by atoms with Gasteiger partial charge in [0.2, 0.25) is 0 Å². The second kappa shape index (κ2) is 6.21. The fraction of sp³-hybridized carbons (Fsp3) is 0.600. The molecule has 1 aliphatic rings. The molecule has 0 aliphatic carbocycles. The van der Waals surface area contributed by atoms with Crippen molar-refractivity contribution in [1.29, 1.82) is 0 Å². The van der Waals surface area contributed by atoms with Crippen LogP contribution in [0, 0.1) is 0 Å². The van der Waals surface area contributed by atoms with Gasteiger partial charge in [-0.2, -0.15) is 0 Å². The van der Waals surface area contributed by atoms with Gasteiger partial charge in [0.05, 0.1) is 12.6 Å². The molecule has 0 saturated carbocycles. The average molecular weight is 248 g/mol. The highest BCUT2D eigenvalue weighted by Crippen LogP contribution is 2.34. The Balaban J connectivity index is 2.24. The first-order chi connectivity index (χ1) is 8.74. The number of piperidine rings is 1. The SMILES string of the molecule is CCCOc1ccccc1C1C(N)CCCN1C. The van der Waals surface area contributed by atoms with Crippen LogP contribution in [0.3, 0.4) is 0 Å². The summed E-state index contributed by atoms with van der Waals surface area (Å²) in [5, 5.41) is 0. The van der Waals surface area contributed by atoms with Crippen molar-refractivity contribution in [3.63, 3.8) is 0 Å². The Bertz CT molecular complexity index is 371. The molecule has 2 rings (SSSR count). The molecule has 1 aromatic carbocycles. The van der Waals surface area contributed by atoms with Crippen LogP contribution >= 0.6 is 0 Å². The lowest BCUT2D eigenvalue weighted by molar-refractivity contribution is 0.158. The van der Waals surface area contributed by atoms with Crippen LogP contribution < -0.4 is 10.5 Å². The van der Waals surface area contributed by atoms with E-state index in [2.05, 4.69) is 37.1 Å². The van der Waals surface area contributed by atoms with E-state index >= 15 is 0 Å². The van der Waals surface area contributed by atoms with E-state index in [1.165, 1.54) is 12.0 Å². The van der Waals surface area contributed by atoms with Crippen molar-refractivity contribution in [3.8, 4) is 5.75 Å². The van der Waals surface area contributed by atoms with Crippen molar-refractivity contribution in [2.24, 2.45) is 5.73 Å². The van der Waals surface area contributed by atoms with E-state index in [0.717, 1.165) is 31.7 Å². The molecule has 2 N–H and O–H groups in total. The summed E-state index contributed by atoms with van der Waals surface area (Å²) in [6.07, 6.45) is 3.31. The number of para-hydroxylation sites is 1. The second-order valence-electron chi connectivity index (χ2n) is 5.12. The number of nitrogens with zero attached hydrogens (tertiary/aromatic N) is 1. The van der Waals surface area contributed by atoms with Gasteiger partial charge < -0.3 is 10.5 Å². The molecule has 100 valence electrons. The predicted octanol–water partition coefficient (Wildman–Crippen LogP) is 2.57. The zero-order valence-electron chi connectivity index (χ0n) is 11.4. The molecule has 0 radical (unpaired) electrons. The van der Waals surface area contributed by atoms with Crippen LogP contribution in [0.25, 0.3) is 0 Å². The van der Waals surface area contributed by atoms with Gasteiger partial charge in [0.1, 0.15) is 5.75 Å². The summed E-state index contributed by atoms with van der Waals surface area (Å²) < 4.78 is 5.85. The number of benzene rings is 1. The molecule has 18 heavy (non-hydrogen) atoms. The van der Waals surface area contributed by atoms with E-state index < -0.39 is 0 Å². The van der Waals surface area contributed by atoms with Gasteiger partial charge in [-0.25, -0.2) is 0 Å². The highest BCUT2D eigenvalue weighted by atomic mass is 16.5. The molecule has 3 nitrogen and oxygen atoms in total. The lowest BCUT2D eigenvalue weighted by Gasteiger charge is -2.38. The first-order valence-electron chi connectivity index (χ1n) is 6.91. The third-order valence-electron chi connectivity index (χ3n) is 3.63. The molecule has 0 amide bonds. The van der Waals surface area contributed by atoms with Gasteiger partial charge in [0, 0.05) is 11.6 Å². The Morgan fingerprint density at radius 1 is 1.39 bits per heavy atom. The summed E-state index contributed by atoms with van der Waals surface area (Å²) >= 11 is 0. The van der Waals surface area contributed by atoms with Gasteiger partial charge in [-0.3, -0.25) is 4.90 Å². The Morgan fingerprint density at radius 2 is 2.17 bits per heavy atom. The smallest absolute Gasteiger partial charge is 0.124 e. The third kappa shape index (κ3) is 2.85. The Hall–Kier alpha value is -1.06. The number of nitrogens with two attached hydrogens (primary N) is 1. The Kier molecular flexibility index (Phi) is 4.61. The predicted molar refractivity (Wildman–Crippen MR) is 74.8 cm³/mol. The van der Waals surface area contributed by atoms with Crippen LogP contribution in [-0.4, -0.2) is 31.1 Å². The summed E-state index contributed by atoms with van der Waals surface area (Å²) in [4.78, 5) is 2.35. The molecular formula is C15H24N2O. The molecule has 3 heteroatoms. The lowest BCUT2D eigenvalue weighted by Crippen LogP contribution is -2.44. The molecule has 1 saturated heterocycles. The molecule has 0 spiro atoms. The fourth-order valence-electron chi connectivity index (χ4n) is 2.74. The number of hydrogen-bond donors (Lipinski definition) is 1. The monoisotopic (exact) mass is 248 g/mol. The zero-order valence-corrected chi connectivity index (χ0v) is 11.4. The molecule has 1 heterocycles. The lowest BCUT2D eigenvalue weighted by atomic mass is 9.91. The first-order valence-corrected chi connectivity index (χ1v) is 6.91. The maximum atomic E-state index is 6.30. The van der Waals surface area contributed by atoms with E-state index in [9.17, 15) is 0 Å². The first kappa shape index (κ1) is 13.4. The highest BCUT2D eigenvalue weighted by molar-refractivity contribution is 5.37. The molecule has 1 aromatic rings. The molecule has 2 atom stereocenters. The topological polar surface area (TPSA) is 38.5 Å². The van der Waals surface area contributed by atoms with Crippen molar-refractivity contribution in [1.82, 2.24) is 4.90 Å². The minimum atomic E-state index is 0.204. The van der Waals surface area contributed by atoms with E-state index in [-0.39, 0.29) is 12.1 Å². The van der Waals surface area contributed by atoms with Crippen LogP contribution in [0.15, 0.2) is 24.3 Å². The van der Waals surface area contributed by atoms with Gasteiger partial charge in [0.25, 0.3) is 0 Å². The second-order valence-corrected chi connectivity index (χ2v) is 5.12. The minimum Gasteiger partial charge on any atom is -0.493 e. The van der Waals surface area contributed by atoms with Crippen molar-refractivity contribution >= 4 is 0 Å². The Morgan fingerprint density at radius 3 is 2.89 bits per heavy atom. The van der Waals surface area contributed by atoms with Gasteiger partial charge in [-0.05, 0) is 38.9 Å². The number of hydrogen-bond acceptors (Lipinski definition) is 3. The quantitative estimate of drug-likeness (QED) is 0.890. The van der Waals surface area contributed by atoms with E-state index in [1.807, 2.05) is 6.07 Å². The van der Waals surface area contributed by atoms with Crippen LogP contribution in [-0.2, 0) is 0 Å². The maximum Gasteiger partial charge on any atom is 0.124 e. The minimum absolute atomic E-state index is 0.204. The number of likely N-dealkylation sites (N-methyl/N-ethyl adjacent to an activating group) is 1. The van der Waals surface area contributed by atoms with Crippen LogP contribution in [0.5, 0.6) is 5.75 Å². The summed E-state index contributed by atoms with van der Waals surface area (Å²) in [5.41, 5.74) is 7.54. The van der Waals surface area contributed by atoms with E-state index in [1.54, 1.807) is 0 Å². The molecule has 1 aliphatic heterocycles. The molecular weight excluding hydrogens is 224 g/mol. The van der Waals surface area contributed by atoms with Crippen LogP contribution in [0.2, 0.25) is 0 Å². The van der Waals surface area contributed by atoms with Gasteiger partial charge in [0.15, 0.2) is 0 Å².